The third-order valence-electron chi connectivity index (χ3n) is 3.24. The fraction of sp³-hybridized carbons (Fsp3) is 0.917. The number of likely N-dealkylation sites (tertiary alicyclic amines) is 1. The maximum absolute atomic E-state index is 11.6. The van der Waals surface area contributed by atoms with Gasteiger partial charge in [-0.25, -0.2) is 0 Å². The molecule has 1 amide bonds. The second-order valence-corrected chi connectivity index (χ2v) is 5.09. The Balaban J connectivity index is 2.24. The molecule has 1 aliphatic heterocycles. The van der Waals surface area contributed by atoms with Crippen molar-refractivity contribution in [1.82, 2.24) is 15.1 Å². The van der Waals surface area contributed by atoms with E-state index in [-0.39, 0.29) is 18.6 Å². The topological polar surface area (TPSA) is 55.8 Å². The van der Waals surface area contributed by atoms with Gasteiger partial charge < -0.3 is 15.3 Å². The molecule has 0 bridgehead atoms. The molecule has 0 aromatic rings. The molecule has 5 heteroatoms. The largest absolute Gasteiger partial charge is 0.395 e. The fourth-order valence-electron chi connectivity index (χ4n) is 2.05. The Morgan fingerprint density at radius 1 is 1.47 bits per heavy atom. The van der Waals surface area contributed by atoms with Gasteiger partial charge in [-0.15, -0.1) is 0 Å². The second-order valence-electron chi connectivity index (χ2n) is 5.09. The summed E-state index contributed by atoms with van der Waals surface area (Å²) in [6, 6.07) is 0.637. The van der Waals surface area contributed by atoms with Gasteiger partial charge in [0.15, 0.2) is 0 Å². The average Bonchev–Trinajstić information content (AvgIpc) is 2.31. The van der Waals surface area contributed by atoms with E-state index in [1.807, 2.05) is 6.92 Å². The minimum absolute atomic E-state index is 0.162. The van der Waals surface area contributed by atoms with E-state index in [2.05, 4.69) is 10.2 Å². The van der Waals surface area contributed by atoms with Gasteiger partial charge in [-0.05, 0) is 19.8 Å². The first-order valence-electron chi connectivity index (χ1n) is 6.32. The molecule has 0 aromatic heterocycles. The molecule has 1 unspecified atom stereocenters. The summed E-state index contributed by atoms with van der Waals surface area (Å²) in [5.74, 6) is 0.167. The Labute approximate surface area is 104 Å². The first-order valence-corrected chi connectivity index (χ1v) is 6.32. The van der Waals surface area contributed by atoms with Crippen LogP contribution in [0.4, 0.5) is 0 Å². The summed E-state index contributed by atoms with van der Waals surface area (Å²) < 4.78 is 0. The van der Waals surface area contributed by atoms with Crippen molar-refractivity contribution in [3.63, 3.8) is 0 Å². The molecular weight excluding hydrogens is 218 g/mol. The molecule has 1 fully saturated rings. The van der Waals surface area contributed by atoms with Crippen LogP contribution < -0.4 is 5.32 Å². The maximum Gasteiger partial charge on any atom is 0.236 e. The van der Waals surface area contributed by atoms with Crippen LogP contribution in [0.25, 0.3) is 0 Å². The lowest BCUT2D eigenvalue weighted by molar-refractivity contribution is -0.130. The van der Waals surface area contributed by atoms with Crippen molar-refractivity contribution >= 4 is 5.91 Å². The molecule has 5 nitrogen and oxygen atoms in total. The zero-order chi connectivity index (χ0) is 12.8. The zero-order valence-corrected chi connectivity index (χ0v) is 11.1. The number of hydrogen-bond acceptors (Lipinski definition) is 4. The van der Waals surface area contributed by atoms with Crippen molar-refractivity contribution < 1.29 is 9.90 Å². The summed E-state index contributed by atoms with van der Waals surface area (Å²) in [5, 5.41) is 12.4. The number of hydrogen-bond donors (Lipinski definition) is 2. The lowest BCUT2D eigenvalue weighted by Crippen LogP contribution is -2.48. The molecular formula is C12H25N3O2. The predicted molar refractivity (Wildman–Crippen MR) is 67.8 cm³/mol. The summed E-state index contributed by atoms with van der Waals surface area (Å²) in [4.78, 5) is 15.4. The monoisotopic (exact) mass is 243 g/mol. The highest BCUT2D eigenvalue weighted by Gasteiger charge is 2.21. The first kappa shape index (κ1) is 14.4. The number of nitrogens with zero attached hydrogens (tertiary/aromatic N) is 2. The van der Waals surface area contributed by atoms with Crippen LogP contribution in [0.5, 0.6) is 0 Å². The van der Waals surface area contributed by atoms with Crippen molar-refractivity contribution in [3.05, 3.63) is 0 Å². The van der Waals surface area contributed by atoms with E-state index in [1.165, 1.54) is 0 Å². The number of aliphatic hydroxyl groups excluding tert-OH is 1. The standard InChI is InChI=1S/C12H25N3O2/c1-10(9-16)13-11-4-6-15(7-5-11)8-12(17)14(2)3/h10-11,13,16H,4-9H2,1-3H3. The molecule has 0 spiro atoms. The molecule has 2 N–H and O–H groups in total. The van der Waals surface area contributed by atoms with E-state index in [0.29, 0.717) is 12.6 Å². The van der Waals surface area contributed by atoms with Crippen LogP contribution in [-0.2, 0) is 4.79 Å². The third-order valence-corrected chi connectivity index (χ3v) is 3.24. The molecule has 1 heterocycles. The van der Waals surface area contributed by atoms with Crippen molar-refractivity contribution in [2.45, 2.75) is 31.8 Å². The fourth-order valence-corrected chi connectivity index (χ4v) is 2.05. The molecule has 0 aromatic carbocycles. The molecule has 0 saturated carbocycles. The molecule has 17 heavy (non-hydrogen) atoms. The quantitative estimate of drug-likeness (QED) is 0.684. The molecule has 1 saturated heterocycles. The number of likely N-dealkylation sites (N-methyl/N-ethyl adjacent to an activating group) is 1. The second kappa shape index (κ2) is 6.93. The summed E-state index contributed by atoms with van der Waals surface area (Å²) in [6.07, 6.45) is 2.09. The highest BCUT2D eigenvalue weighted by Crippen LogP contribution is 2.10. The van der Waals surface area contributed by atoms with Crippen molar-refractivity contribution in [1.29, 1.82) is 0 Å². The van der Waals surface area contributed by atoms with Gasteiger partial charge in [-0.2, -0.15) is 0 Å². The summed E-state index contributed by atoms with van der Waals surface area (Å²) >= 11 is 0. The van der Waals surface area contributed by atoms with Gasteiger partial charge in [-0.1, -0.05) is 0 Å². The van der Waals surface area contributed by atoms with Crippen molar-refractivity contribution in [2.75, 3.05) is 40.3 Å². The SMILES string of the molecule is CC(CO)NC1CCN(CC(=O)N(C)C)CC1. The van der Waals surface area contributed by atoms with Gasteiger partial charge >= 0.3 is 0 Å². The van der Waals surface area contributed by atoms with Crippen molar-refractivity contribution in [3.8, 4) is 0 Å². The Morgan fingerprint density at radius 3 is 2.53 bits per heavy atom. The van der Waals surface area contributed by atoms with Crippen LogP contribution in [0.3, 0.4) is 0 Å². The van der Waals surface area contributed by atoms with Gasteiger partial charge in [0.1, 0.15) is 0 Å². The van der Waals surface area contributed by atoms with E-state index >= 15 is 0 Å². The first-order chi connectivity index (χ1) is 8.02. The molecule has 100 valence electrons. The van der Waals surface area contributed by atoms with Crippen LogP contribution in [0.1, 0.15) is 19.8 Å². The normalized spacial score (nSPS) is 20.2. The highest BCUT2D eigenvalue weighted by molar-refractivity contribution is 5.77. The van der Waals surface area contributed by atoms with E-state index in [1.54, 1.807) is 19.0 Å². The summed E-state index contributed by atoms with van der Waals surface area (Å²) in [7, 11) is 3.58. The lowest BCUT2D eigenvalue weighted by Gasteiger charge is -2.33. The minimum Gasteiger partial charge on any atom is -0.395 e. The molecule has 1 atom stereocenters. The number of carbonyl (C=O) groups is 1. The number of amides is 1. The summed E-state index contributed by atoms with van der Waals surface area (Å²) in [5.41, 5.74) is 0. The van der Waals surface area contributed by atoms with Gasteiger partial charge in [0.25, 0.3) is 0 Å². The predicted octanol–water partition coefficient (Wildman–Crippen LogP) is -0.491. The smallest absolute Gasteiger partial charge is 0.236 e. The molecule has 1 aliphatic rings. The summed E-state index contributed by atoms with van der Waals surface area (Å²) in [6.45, 7) is 4.60. The lowest BCUT2D eigenvalue weighted by atomic mass is 10.0. The van der Waals surface area contributed by atoms with Crippen LogP contribution in [0.15, 0.2) is 0 Å². The number of carbonyl (C=O) groups excluding carboxylic acids is 1. The van der Waals surface area contributed by atoms with Gasteiger partial charge in [0.2, 0.25) is 5.91 Å². The van der Waals surface area contributed by atoms with Crippen LogP contribution in [0, 0.1) is 0 Å². The molecule has 1 rings (SSSR count). The third kappa shape index (κ3) is 5.02. The van der Waals surface area contributed by atoms with E-state index in [0.717, 1.165) is 25.9 Å². The van der Waals surface area contributed by atoms with E-state index < -0.39 is 0 Å². The number of nitrogens with one attached hydrogen (secondary N) is 1. The van der Waals surface area contributed by atoms with Crippen LogP contribution in [0.2, 0.25) is 0 Å². The zero-order valence-electron chi connectivity index (χ0n) is 11.1. The van der Waals surface area contributed by atoms with Crippen LogP contribution in [-0.4, -0.2) is 73.2 Å². The van der Waals surface area contributed by atoms with Crippen molar-refractivity contribution in [2.24, 2.45) is 0 Å². The Morgan fingerprint density at radius 2 is 2.06 bits per heavy atom. The van der Waals surface area contributed by atoms with Gasteiger partial charge in [-0.3, -0.25) is 9.69 Å². The van der Waals surface area contributed by atoms with E-state index in [9.17, 15) is 4.79 Å². The Bertz CT molecular complexity index is 238. The maximum atomic E-state index is 11.6. The molecule has 0 aliphatic carbocycles. The molecule has 0 radical (unpaired) electrons. The number of aliphatic hydroxyl groups is 1. The highest BCUT2D eigenvalue weighted by atomic mass is 16.3. The minimum atomic E-state index is 0.162. The Kier molecular flexibility index (Phi) is 5.88. The Hall–Kier alpha value is -0.650. The van der Waals surface area contributed by atoms with Gasteiger partial charge in [0.05, 0.1) is 13.2 Å². The van der Waals surface area contributed by atoms with Crippen LogP contribution >= 0.6 is 0 Å². The van der Waals surface area contributed by atoms with E-state index in [4.69, 9.17) is 5.11 Å². The number of piperidine rings is 1. The number of rotatable bonds is 5. The van der Waals surface area contributed by atoms with Gasteiger partial charge in [0, 0.05) is 39.3 Å². The average molecular weight is 243 g/mol.